The molecule has 0 unspecified atom stereocenters. The van der Waals surface area contributed by atoms with E-state index in [-0.39, 0.29) is 5.56 Å². The van der Waals surface area contributed by atoms with Gasteiger partial charge < -0.3 is 4.57 Å². The second-order valence-electron chi connectivity index (χ2n) is 5.90. The molecule has 122 valence electrons. The summed E-state index contributed by atoms with van der Waals surface area (Å²) in [6, 6.07) is 21.3. The van der Waals surface area contributed by atoms with Crippen LogP contribution in [0.3, 0.4) is 0 Å². The zero-order chi connectivity index (χ0) is 17.4. The van der Waals surface area contributed by atoms with Crippen molar-refractivity contribution in [3.8, 4) is 16.8 Å². The second-order valence-corrected chi connectivity index (χ2v) is 6.33. The molecule has 3 nitrogen and oxygen atoms in total. The van der Waals surface area contributed by atoms with Crippen molar-refractivity contribution in [3.05, 3.63) is 94.5 Å². The Labute approximate surface area is 150 Å². The number of pyridine rings is 2. The van der Waals surface area contributed by atoms with Crippen LogP contribution in [0.5, 0.6) is 0 Å². The SMILES string of the molecule is Cn1c(=O)c(-[n+]2ccccc2)c(-c2ccccc2)c2cc(Cl)ccc21. The summed E-state index contributed by atoms with van der Waals surface area (Å²) in [6.07, 6.45) is 3.78. The lowest BCUT2D eigenvalue weighted by atomic mass is 9.99. The maximum atomic E-state index is 13.2. The van der Waals surface area contributed by atoms with E-state index in [0.29, 0.717) is 10.7 Å². The summed E-state index contributed by atoms with van der Waals surface area (Å²) in [7, 11) is 1.79. The molecule has 0 aliphatic heterocycles. The quantitative estimate of drug-likeness (QED) is 0.500. The van der Waals surface area contributed by atoms with Crippen molar-refractivity contribution >= 4 is 22.5 Å². The number of aryl methyl sites for hydroxylation is 1. The molecule has 2 aromatic heterocycles. The molecular weight excluding hydrogens is 332 g/mol. The van der Waals surface area contributed by atoms with E-state index in [1.807, 2.05) is 83.7 Å². The smallest absolute Gasteiger partial charge is 0.306 e. The van der Waals surface area contributed by atoms with Gasteiger partial charge in [-0.2, -0.15) is 4.57 Å². The molecule has 0 amide bonds. The number of hydrogen-bond acceptors (Lipinski definition) is 1. The van der Waals surface area contributed by atoms with Gasteiger partial charge in [-0.05, 0) is 23.8 Å². The van der Waals surface area contributed by atoms with E-state index in [4.69, 9.17) is 11.6 Å². The van der Waals surface area contributed by atoms with Crippen LogP contribution in [0, 0.1) is 0 Å². The van der Waals surface area contributed by atoms with Gasteiger partial charge in [0, 0.05) is 29.6 Å². The van der Waals surface area contributed by atoms with Crippen LogP contribution in [0.1, 0.15) is 0 Å². The van der Waals surface area contributed by atoms with E-state index in [2.05, 4.69) is 0 Å². The zero-order valence-electron chi connectivity index (χ0n) is 13.7. The van der Waals surface area contributed by atoms with E-state index in [9.17, 15) is 4.79 Å². The molecule has 2 heterocycles. The molecule has 4 aromatic rings. The predicted molar refractivity (Wildman–Crippen MR) is 101 cm³/mol. The molecule has 25 heavy (non-hydrogen) atoms. The van der Waals surface area contributed by atoms with Gasteiger partial charge in [0.25, 0.3) is 5.69 Å². The number of aromatic nitrogens is 2. The van der Waals surface area contributed by atoms with Crippen molar-refractivity contribution in [1.82, 2.24) is 4.57 Å². The van der Waals surface area contributed by atoms with Gasteiger partial charge in [0.2, 0.25) is 0 Å². The fourth-order valence-corrected chi connectivity index (χ4v) is 3.36. The summed E-state index contributed by atoms with van der Waals surface area (Å²) >= 11 is 6.27. The molecule has 0 aliphatic carbocycles. The van der Waals surface area contributed by atoms with Crippen molar-refractivity contribution in [2.75, 3.05) is 0 Å². The summed E-state index contributed by atoms with van der Waals surface area (Å²) in [5.41, 5.74) is 3.29. The van der Waals surface area contributed by atoms with Crippen LogP contribution in [0.15, 0.2) is 83.9 Å². The summed E-state index contributed by atoms with van der Waals surface area (Å²) in [5.74, 6) is 0. The van der Waals surface area contributed by atoms with Gasteiger partial charge in [0.1, 0.15) is 0 Å². The molecule has 0 saturated carbocycles. The molecule has 0 bridgehead atoms. The van der Waals surface area contributed by atoms with Gasteiger partial charge >= 0.3 is 5.56 Å². The molecule has 0 spiro atoms. The summed E-state index contributed by atoms with van der Waals surface area (Å²) in [6.45, 7) is 0. The van der Waals surface area contributed by atoms with E-state index >= 15 is 0 Å². The minimum Gasteiger partial charge on any atom is -0.306 e. The lowest BCUT2D eigenvalue weighted by Gasteiger charge is -2.13. The average molecular weight is 348 g/mol. The lowest BCUT2D eigenvalue weighted by Crippen LogP contribution is -2.39. The van der Waals surface area contributed by atoms with Crippen LogP contribution in [0.2, 0.25) is 5.02 Å². The first-order chi connectivity index (χ1) is 12.2. The first-order valence-electron chi connectivity index (χ1n) is 8.01. The first-order valence-corrected chi connectivity index (χ1v) is 8.39. The van der Waals surface area contributed by atoms with E-state index in [0.717, 1.165) is 22.0 Å². The molecule has 0 radical (unpaired) electrons. The zero-order valence-corrected chi connectivity index (χ0v) is 14.4. The first kappa shape index (κ1) is 15.6. The number of rotatable bonds is 2. The monoisotopic (exact) mass is 347 g/mol. The van der Waals surface area contributed by atoms with Gasteiger partial charge in [-0.25, -0.2) is 0 Å². The second kappa shape index (κ2) is 6.19. The Morgan fingerprint density at radius 2 is 1.60 bits per heavy atom. The molecular formula is C21H16ClN2O+. The summed E-state index contributed by atoms with van der Waals surface area (Å²) < 4.78 is 3.54. The molecule has 0 fully saturated rings. The highest BCUT2D eigenvalue weighted by atomic mass is 35.5. The van der Waals surface area contributed by atoms with E-state index in [1.54, 1.807) is 11.6 Å². The number of fused-ring (bicyclic) bond motifs is 1. The third kappa shape index (κ3) is 2.63. The minimum absolute atomic E-state index is 0.0510. The van der Waals surface area contributed by atoms with Crippen molar-refractivity contribution in [2.24, 2.45) is 7.05 Å². The van der Waals surface area contributed by atoms with Gasteiger partial charge in [-0.15, -0.1) is 0 Å². The maximum Gasteiger partial charge on any atom is 0.324 e. The van der Waals surface area contributed by atoms with Crippen LogP contribution in [-0.2, 0) is 7.05 Å². The number of hydrogen-bond donors (Lipinski definition) is 0. The topological polar surface area (TPSA) is 25.9 Å². The predicted octanol–water partition coefficient (Wildman–Crippen LogP) is 4.14. The largest absolute Gasteiger partial charge is 0.324 e. The van der Waals surface area contributed by atoms with E-state index < -0.39 is 0 Å². The highest BCUT2D eigenvalue weighted by Crippen LogP contribution is 2.32. The van der Waals surface area contributed by atoms with E-state index in [1.165, 1.54) is 0 Å². The van der Waals surface area contributed by atoms with Crippen LogP contribution in [0.4, 0.5) is 0 Å². The third-order valence-corrected chi connectivity index (χ3v) is 4.60. The normalized spacial score (nSPS) is 11.0. The standard InChI is InChI=1S/C21H16ClN2O/c1-23-18-11-10-16(22)14-17(18)19(15-8-4-2-5-9-15)20(21(23)25)24-12-6-3-7-13-24/h2-14H,1H3/q+1. The van der Waals surface area contributed by atoms with Gasteiger partial charge in [-0.1, -0.05) is 48.0 Å². The molecule has 0 N–H and O–H groups in total. The van der Waals surface area contributed by atoms with Crippen LogP contribution in [-0.4, -0.2) is 4.57 Å². The van der Waals surface area contributed by atoms with Crippen LogP contribution in [0.25, 0.3) is 27.7 Å². The lowest BCUT2D eigenvalue weighted by molar-refractivity contribution is -0.596. The van der Waals surface area contributed by atoms with Crippen molar-refractivity contribution in [2.45, 2.75) is 0 Å². The fourth-order valence-electron chi connectivity index (χ4n) is 3.19. The van der Waals surface area contributed by atoms with Gasteiger partial charge in [0.15, 0.2) is 12.4 Å². The number of nitrogens with zero attached hydrogens (tertiary/aromatic N) is 2. The maximum absolute atomic E-state index is 13.2. The Bertz CT molecular complexity index is 1120. The highest BCUT2D eigenvalue weighted by Gasteiger charge is 2.24. The number of halogens is 1. The molecule has 0 aliphatic rings. The third-order valence-electron chi connectivity index (χ3n) is 4.37. The molecule has 4 rings (SSSR count). The number of benzene rings is 2. The summed E-state index contributed by atoms with van der Waals surface area (Å²) in [5, 5.41) is 1.60. The molecule has 0 saturated heterocycles. The van der Waals surface area contributed by atoms with Crippen molar-refractivity contribution in [3.63, 3.8) is 0 Å². The van der Waals surface area contributed by atoms with Crippen LogP contribution < -0.4 is 10.1 Å². The fraction of sp³-hybridized carbons (Fsp3) is 0.0476. The average Bonchev–Trinajstić information content (AvgIpc) is 2.65. The Morgan fingerprint density at radius 1 is 0.920 bits per heavy atom. The Morgan fingerprint density at radius 3 is 2.32 bits per heavy atom. The van der Waals surface area contributed by atoms with Crippen molar-refractivity contribution < 1.29 is 4.57 Å². The Kier molecular flexibility index (Phi) is 3.86. The molecule has 2 aromatic carbocycles. The van der Waals surface area contributed by atoms with Crippen molar-refractivity contribution in [1.29, 1.82) is 0 Å². The Balaban J connectivity index is 2.24. The molecule has 4 heteroatoms. The highest BCUT2D eigenvalue weighted by molar-refractivity contribution is 6.31. The molecule has 0 atom stereocenters. The van der Waals surface area contributed by atoms with Crippen LogP contribution >= 0.6 is 11.6 Å². The Hall–Kier alpha value is -2.91. The summed E-state index contributed by atoms with van der Waals surface area (Å²) in [4.78, 5) is 13.2. The van der Waals surface area contributed by atoms with Gasteiger partial charge in [-0.3, -0.25) is 4.79 Å². The van der Waals surface area contributed by atoms with Gasteiger partial charge in [0.05, 0.1) is 11.1 Å². The minimum atomic E-state index is -0.0510.